The molecule has 0 amide bonds. The Kier molecular flexibility index (Phi) is 2.54. The molecule has 2 heterocycles. The highest BCUT2D eigenvalue weighted by atomic mass is 79.9. The molecule has 0 saturated carbocycles. The molecule has 6 nitrogen and oxygen atoms in total. The molecule has 3 aromatic rings. The summed E-state index contributed by atoms with van der Waals surface area (Å²) in [6.07, 6.45) is 0. The lowest BCUT2D eigenvalue weighted by Crippen LogP contribution is -2.08. The van der Waals surface area contributed by atoms with Crippen LogP contribution in [0, 0.1) is 11.3 Å². The van der Waals surface area contributed by atoms with Crippen LogP contribution in [0.2, 0.25) is 0 Å². The van der Waals surface area contributed by atoms with Crippen LogP contribution in [-0.4, -0.2) is 9.72 Å². The number of halogens is 1. The van der Waals surface area contributed by atoms with E-state index in [0.29, 0.717) is 26.9 Å². The van der Waals surface area contributed by atoms with Gasteiger partial charge in [0.2, 0.25) is 0 Å². The van der Waals surface area contributed by atoms with Crippen LogP contribution in [0.1, 0.15) is 5.69 Å². The van der Waals surface area contributed by atoms with Crippen molar-refractivity contribution in [2.24, 2.45) is 7.05 Å². The number of hydrogen-bond acceptors (Lipinski definition) is 5. The maximum Gasteiger partial charge on any atom is 0.419 e. The number of aryl methyl sites for hydroxylation is 1. The summed E-state index contributed by atoms with van der Waals surface area (Å²) in [4.78, 5) is 11.4. The first-order valence-electron chi connectivity index (χ1n) is 5.27. The van der Waals surface area contributed by atoms with Crippen LogP contribution < -0.4 is 5.76 Å². The molecule has 2 aromatic heterocycles. The molecule has 0 aliphatic rings. The van der Waals surface area contributed by atoms with Crippen molar-refractivity contribution in [3.05, 3.63) is 38.9 Å². The predicted molar refractivity (Wildman–Crippen MR) is 69.4 cm³/mol. The lowest BCUT2D eigenvalue weighted by molar-refractivity contribution is 0.429. The number of hydrogen-bond donors (Lipinski definition) is 0. The first kappa shape index (κ1) is 11.7. The second-order valence-corrected chi connectivity index (χ2v) is 4.69. The summed E-state index contributed by atoms with van der Waals surface area (Å²) >= 11 is 3.26. The minimum absolute atomic E-state index is 0.171. The van der Waals surface area contributed by atoms with Crippen molar-refractivity contribution in [2.45, 2.75) is 0 Å². The van der Waals surface area contributed by atoms with Gasteiger partial charge in [0.25, 0.3) is 0 Å². The van der Waals surface area contributed by atoms with Crippen LogP contribution in [-0.2, 0) is 7.05 Å². The maximum absolute atomic E-state index is 11.4. The summed E-state index contributed by atoms with van der Waals surface area (Å²) in [6, 6.07) is 7.09. The van der Waals surface area contributed by atoms with E-state index in [2.05, 4.69) is 21.1 Å². The molecule has 1 aromatic carbocycles. The number of aromatic nitrogens is 2. The minimum Gasteiger partial charge on any atom is -0.408 e. The Hall–Kier alpha value is -2.33. The standard InChI is InChI=1S/C12H6BrN3O3/c1-16-8-3-2-6(4-9(8)18-12(16)17)11-10(13)7(5-14)15-19-11/h2-4H,1H3. The Balaban J connectivity index is 2.23. The second kappa shape index (κ2) is 4.10. The van der Waals surface area contributed by atoms with Gasteiger partial charge in [0.1, 0.15) is 10.5 Å². The quantitative estimate of drug-likeness (QED) is 0.687. The molecule has 94 valence electrons. The summed E-state index contributed by atoms with van der Waals surface area (Å²) in [5, 5.41) is 12.5. The van der Waals surface area contributed by atoms with Crippen molar-refractivity contribution in [1.82, 2.24) is 9.72 Å². The topological polar surface area (TPSA) is 85.0 Å². The zero-order valence-electron chi connectivity index (χ0n) is 9.68. The van der Waals surface area contributed by atoms with Gasteiger partial charge in [-0.2, -0.15) is 5.26 Å². The molecule has 7 heteroatoms. The second-order valence-electron chi connectivity index (χ2n) is 3.90. The van der Waals surface area contributed by atoms with Gasteiger partial charge in [-0.3, -0.25) is 4.57 Å². The van der Waals surface area contributed by atoms with Crippen LogP contribution in [0.15, 0.2) is 36.4 Å². The van der Waals surface area contributed by atoms with Crippen molar-refractivity contribution >= 4 is 27.0 Å². The van der Waals surface area contributed by atoms with Gasteiger partial charge >= 0.3 is 5.76 Å². The van der Waals surface area contributed by atoms with Gasteiger partial charge in [-0.25, -0.2) is 4.79 Å². The lowest BCUT2D eigenvalue weighted by atomic mass is 10.1. The Labute approximate surface area is 115 Å². The van der Waals surface area contributed by atoms with Gasteiger partial charge in [0.15, 0.2) is 17.0 Å². The number of oxazole rings is 1. The molecule has 0 N–H and O–H groups in total. The summed E-state index contributed by atoms with van der Waals surface area (Å²) in [7, 11) is 1.63. The summed E-state index contributed by atoms with van der Waals surface area (Å²) < 4.78 is 12.1. The monoisotopic (exact) mass is 319 g/mol. The number of fused-ring (bicyclic) bond motifs is 1. The molecule has 0 radical (unpaired) electrons. The zero-order valence-corrected chi connectivity index (χ0v) is 11.3. The van der Waals surface area contributed by atoms with Crippen molar-refractivity contribution in [3.8, 4) is 17.4 Å². The molecular weight excluding hydrogens is 314 g/mol. The molecule has 0 spiro atoms. The van der Waals surface area contributed by atoms with Crippen molar-refractivity contribution < 1.29 is 8.94 Å². The number of nitriles is 1. The SMILES string of the molecule is Cn1c(=O)oc2cc(-c3onc(C#N)c3Br)ccc21. The number of rotatable bonds is 1. The van der Waals surface area contributed by atoms with Crippen molar-refractivity contribution in [1.29, 1.82) is 5.26 Å². The highest BCUT2D eigenvalue weighted by Gasteiger charge is 2.16. The fourth-order valence-corrected chi connectivity index (χ4v) is 2.27. The predicted octanol–water partition coefficient (Wildman–Crippen LogP) is 2.42. The summed E-state index contributed by atoms with van der Waals surface area (Å²) in [5.74, 6) is -0.00792. The van der Waals surface area contributed by atoms with Crippen LogP contribution in [0.4, 0.5) is 0 Å². The van der Waals surface area contributed by atoms with E-state index in [0.717, 1.165) is 0 Å². The molecule has 0 atom stereocenters. The van der Waals surface area contributed by atoms with E-state index in [1.54, 1.807) is 25.2 Å². The molecule has 19 heavy (non-hydrogen) atoms. The van der Waals surface area contributed by atoms with E-state index in [9.17, 15) is 4.79 Å². The average molecular weight is 320 g/mol. The molecule has 0 bridgehead atoms. The van der Waals surface area contributed by atoms with Gasteiger partial charge in [0.05, 0.1) is 5.52 Å². The largest absolute Gasteiger partial charge is 0.419 e. The van der Waals surface area contributed by atoms with Crippen molar-refractivity contribution in [2.75, 3.05) is 0 Å². The summed E-state index contributed by atoms with van der Waals surface area (Å²) in [5.41, 5.74) is 1.98. The van der Waals surface area contributed by atoms with Crippen LogP contribution in [0.5, 0.6) is 0 Å². The van der Waals surface area contributed by atoms with E-state index in [-0.39, 0.29) is 5.69 Å². The molecular formula is C12H6BrN3O3. The van der Waals surface area contributed by atoms with E-state index in [1.807, 2.05) is 6.07 Å². The average Bonchev–Trinajstić information content (AvgIpc) is 2.91. The third-order valence-electron chi connectivity index (χ3n) is 2.80. The first-order chi connectivity index (χ1) is 9.11. The Morgan fingerprint density at radius 1 is 1.47 bits per heavy atom. The molecule has 0 aliphatic carbocycles. The third kappa shape index (κ3) is 1.69. The van der Waals surface area contributed by atoms with Gasteiger partial charge < -0.3 is 8.94 Å². The fourth-order valence-electron chi connectivity index (χ4n) is 1.80. The van der Waals surface area contributed by atoms with E-state index in [1.165, 1.54) is 4.57 Å². The maximum atomic E-state index is 11.4. The van der Waals surface area contributed by atoms with E-state index < -0.39 is 5.76 Å². The number of benzene rings is 1. The normalized spacial score (nSPS) is 10.8. The zero-order chi connectivity index (χ0) is 13.6. The fraction of sp³-hybridized carbons (Fsp3) is 0.0833. The molecule has 0 unspecified atom stereocenters. The minimum atomic E-state index is -0.429. The molecule has 0 fully saturated rings. The Morgan fingerprint density at radius 2 is 2.26 bits per heavy atom. The highest BCUT2D eigenvalue weighted by molar-refractivity contribution is 9.10. The molecule has 0 saturated heterocycles. The van der Waals surface area contributed by atoms with Crippen LogP contribution in [0.3, 0.4) is 0 Å². The number of nitrogens with zero attached hydrogens (tertiary/aromatic N) is 3. The Bertz CT molecular complexity index is 882. The van der Waals surface area contributed by atoms with Crippen LogP contribution in [0.25, 0.3) is 22.4 Å². The van der Waals surface area contributed by atoms with Gasteiger partial charge in [-0.1, -0.05) is 5.16 Å². The van der Waals surface area contributed by atoms with Gasteiger partial charge in [-0.15, -0.1) is 0 Å². The first-order valence-corrected chi connectivity index (χ1v) is 6.06. The summed E-state index contributed by atoms with van der Waals surface area (Å²) in [6.45, 7) is 0. The lowest BCUT2D eigenvalue weighted by Gasteiger charge is -1.97. The van der Waals surface area contributed by atoms with E-state index in [4.69, 9.17) is 14.2 Å². The van der Waals surface area contributed by atoms with E-state index >= 15 is 0 Å². The Morgan fingerprint density at radius 3 is 2.95 bits per heavy atom. The molecule has 3 rings (SSSR count). The molecule has 0 aliphatic heterocycles. The highest BCUT2D eigenvalue weighted by Crippen LogP contribution is 2.32. The third-order valence-corrected chi connectivity index (χ3v) is 3.53. The van der Waals surface area contributed by atoms with Gasteiger partial charge in [-0.05, 0) is 34.1 Å². The van der Waals surface area contributed by atoms with Crippen LogP contribution >= 0.6 is 15.9 Å². The van der Waals surface area contributed by atoms with Crippen molar-refractivity contribution in [3.63, 3.8) is 0 Å². The van der Waals surface area contributed by atoms with Gasteiger partial charge in [0, 0.05) is 12.6 Å². The smallest absolute Gasteiger partial charge is 0.408 e.